The molecular weight excluding hydrogens is 1390 g/mol. The third-order valence-corrected chi connectivity index (χ3v) is 22.8. The quantitative estimate of drug-likeness (QED) is 0.0494. The number of nitrogens with one attached hydrogen (secondary N) is 1. The number of nitrogens with zero attached hydrogens (tertiary/aromatic N) is 2. The number of ether oxygens (including phenoxy) is 14. The van der Waals surface area contributed by atoms with E-state index in [1.54, 1.807) is 106 Å². The predicted octanol–water partition coefficient (Wildman–Crippen LogP) is 3.33. The van der Waals surface area contributed by atoms with Crippen LogP contribution in [0.2, 0.25) is 0 Å². The number of aliphatic hydroxyl groups is 8. The lowest BCUT2D eigenvalue weighted by atomic mass is 9.79. The highest BCUT2D eigenvalue weighted by Crippen LogP contribution is 2.39. The monoisotopic (exact) mass is 1530 g/mol. The van der Waals surface area contributed by atoms with Gasteiger partial charge in [0.05, 0.1) is 99.2 Å². The largest absolute Gasteiger partial charge is 0.462 e. The second-order valence-electron chi connectivity index (χ2n) is 31.2. The van der Waals surface area contributed by atoms with Gasteiger partial charge in [0.25, 0.3) is 0 Å². The summed E-state index contributed by atoms with van der Waals surface area (Å²) in [4.78, 5) is 61.2. The van der Waals surface area contributed by atoms with E-state index in [4.69, 9.17) is 66.3 Å². The number of likely N-dealkylation sites (N-methyl/N-ethyl adjacent to an activating group) is 2. The number of ketones is 2. The minimum absolute atomic E-state index is 0.0513. The summed E-state index contributed by atoms with van der Waals surface area (Å²) in [5.41, 5.74) is 1.31. The molecule has 0 bridgehead atoms. The summed E-state index contributed by atoms with van der Waals surface area (Å²) in [6.07, 6.45) is -13.9. The van der Waals surface area contributed by atoms with E-state index in [2.05, 4.69) is 5.32 Å². The number of hydrogen-bond acceptors (Lipinski definition) is 29. The van der Waals surface area contributed by atoms with Crippen molar-refractivity contribution < 1.29 is 126 Å². The normalized spacial score (nSPS) is 44.2. The van der Waals surface area contributed by atoms with E-state index in [1.165, 1.54) is 40.6 Å². The highest BCUT2D eigenvalue weighted by Gasteiger charge is 2.52. The molecule has 6 rings (SSSR count). The van der Waals surface area contributed by atoms with Crippen LogP contribution in [-0.4, -0.2) is 316 Å². The number of carbonyl (C=O) groups excluding carboxylic acids is 4. The molecule has 6 heterocycles. The van der Waals surface area contributed by atoms with Gasteiger partial charge in [0.15, 0.2) is 36.7 Å². The van der Waals surface area contributed by atoms with Crippen molar-refractivity contribution in [1.82, 2.24) is 15.1 Å². The highest BCUT2D eigenvalue weighted by molar-refractivity contribution is 5.92. The summed E-state index contributed by atoms with van der Waals surface area (Å²) in [6, 6.07) is -1.69. The fourth-order valence-corrected chi connectivity index (χ4v) is 16.1. The third kappa shape index (κ3) is 24.7. The van der Waals surface area contributed by atoms with Gasteiger partial charge in [-0.25, -0.2) is 0 Å². The number of cyclic esters (lactones) is 2. The van der Waals surface area contributed by atoms with E-state index in [9.17, 15) is 60.0 Å². The minimum Gasteiger partial charge on any atom is -0.462 e. The zero-order chi connectivity index (χ0) is 79.6. The molecule has 34 atom stereocenters. The fourth-order valence-electron chi connectivity index (χ4n) is 16.1. The highest BCUT2D eigenvalue weighted by atomic mass is 16.7. The lowest BCUT2D eigenvalue weighted by Gasteiger charge is -2.47. The van der Waals surface area contributed by atoms with Crippen LogP contribution in [0.15, 0.2) is 47.6 Å². The first kappa shape index (κ1) is 92.2. The first-order chi connectivity index (χ1) is 50.6. The maximum Gasteiger partial charge on any atom is 0.308 e. The topological polar surface area (TPSA) is 378 Å². The summed E-state index contributed by atoms with van der Waals surface area (Å²) in [6.45, 7) is 21.5. The van der Waals surface area contributed by atoms with Gasteiger partial charge in [-0.1, -0.05) is 77.0 Å². The smallest absolute Gasteiger partial charge is 0.308 e. The Kier molecular flexibility index (Phi) is 37.5. The van der Waals surface area contributed by atoms with Gasteiger partial charge < -0.3 is 122 Å². The number of carbonyl (C=O) groups is 4. The molecule has 0 radical (unpaired) electrons. The van der Waals surface area contributed by atoms with Gasteiger partial charge >= 0.3 is 11.9 Å². The Bertz CT molecular complexity index is 2670. The molecule has 0 aromatic heterocycles. The maximum atomic E-state index is 14.6. The molecule has 6 aliphatic rings. The standard InChI is InChI=1S/C78H133N3O26/c1-21-57-51(37-98-77-73(96-19)71(94-17)65(90)47(11)102-77)31-39(3)23-25-53(82)41(5)33-49(69(43(7)55(84)35-59(86)104-57)106-75-67(92)61(80(13)14)63(88)45(9)100-75)27-29-79-30-28-50-34-42(6)54(83)26-24-40(4)32-52(38-99-78-74(97-20)72(95-18)66(91)48(12)103-78)58(22-2)105-60(87)36-56(85)44(8)70(50)107-76-68(93)62(81(15)16)64(89)46(10)101-76/h23-26,31-32,41-52,55-58,61-79,84-85,88-93H,21-22,27-30,33-38H2,1-20H3/b25-23+,26-24+,39-31+,40-32+/t41-,42+,43+,44-,45?,46?,47?,48?,49+,50-,51?,52?,55-,56+,57-,58+,61?,62?,63?,64?,65?,66?,67?,68?,69-,70+,71?,72?,73?,74?,75?,76?,77?,78?. The molecule has 0 spiro atoms. The van der Waals surface area contributed by atoms with Gasteiger partial charge in [0, 0.05) is 63.9 Å². The number of hydrogen-bond donors (Lipinski definition) is 9. The van der Waals surface area contributed by atoms with E-state index in [1.807, 2.05) is 39.8 Å². The molecule has 29 nitrogen and oxygen atoms in total. The third-order valence-electron chi connectivity index (χ3n) is 22.8. The molecular formula is C78H133N3O26. The van der Waals surface area contributed by atoms with Crippen LogP contribution in [-0.2, 0) is 85.5 Å². The van der Waals surface area contributed by atoms with Crippen LogP contribution in [0.5, 0.6) is 0 Å². The maximum absolute atomic E-state index is 14.6. The molecule has 0 aromatic carbocycles. The molecule has 0 aromatic rings. The van der Waals surface area contributed by atoms with Gasteiger partial charge in [-0.2, -0.15) is 0 Å². The molecule has 0 saturated carbocycles. The van der Waals surface area contributed by atoms with Crippen LogP contribution in [0.4, 0.5) is 0 Å². The fraction of sp³-hybridized carbons (Fsp3) is 0.846. The van der Waals surface area contributed by atoms with Crippen molar-refractivity contribution in [2.75, 3.05) is 82.9 Å². The first-order valence-electron chi connectivity index (χ1n) is 38.5. The zero-order valence-corrected chi connectivity index (χ0v) is 66.9. The molecule has 4 saturated heterocycles. The summed E-state index contributed by atoms with van der Waals surface area (Å²) in [7, 11) is 12.7. The average molecular weight is 1530 g/mol. The van der Waals surface area contributed by atoms with Crippen LogP contribution in [0.25, 0.3) is 0 Å². The van der Waals surface area contributed by atoms with Gasteiger partial charge in [0.1, 0.15) is 61.0 Å². The van der Waals surface area contributed by atoms with Crippen molar-refractivity contribution >= 4 is 23.5 Å². The zero-order valence-electron chi connectivity index (χ0n) is 66.9. The van der Waals surface area contributed by atoms with Gasteiger partial charge in [-0.3, -0.25) is 19.2 Å². The summed E-state index contributed by atoms with van der Waals surface area (Å²) >= 11 is 0. The molecule has 4 fully saturated rings. The summed E-state index contributed by atoms with van der Waals surface area (Å²) in [5, 5.41) is 96.9. The Hall–Kier alpha value is -3.68. The number of esters is 2. The molecule has 0 aliphatic carbocycles. The number of rotatable bonds is 24. The molecule has 9 N–H and O–H groups in total. The van der Waals surface area contributed by atoms with Crippen molar-refractivity contribution in [2.24, 2.45) is 47.3 Å². The molecule has 29 heteroatoms. The molecule has 616 valence electrons. The molecule has 0 amide bonds. The van der Waals surface area contributed by atoms with Crippen LogP contribution in [0.3, 0.4) is 0 Å². The van der Waals surface area contributed by atoms with Crippen molar-refractivity contribution in [2.45, 2.75) is 294 Å². The van der Waals surface area contributed by atoms with Crippen molar-refractivity contribution in [3.05, 3.63) is 47.6 Å². The summed E-state index contributed by atoms with van der Waals surface area (Å²) < 4.78 is 86.4. The Morgan fingerprint density at radius 2 is 0.776 bits per heavy atom. The Morgan fingerprint density at radius 3 is 1.09 bits per heavy atom. The Balaban J connectivity index is 1.35. The van der Waals surface area contributed by atoms with Crippen LogP contribution < -0.4 is 5.32 Å². The predicted molar refractivity (Wildman–Crippen MR) is 393 cm³/mol. The number of methoxy groups -OCH3 is 4. The molecule has 107 heavy (non-hydrogen) atoms. The Labute approximate surface area is 634 Å². The Morgan fingerprint density at radius 1 is 0.449 bits per heavy atom. The van der Waals surface area contributed by atoms with Crippen LogP contribution in [0.1, 0.15) is 134 Å². The first-order valence-corrected chi connectivity index (χ1v) is 38.5. The van der Waals surface area contributed by atoms with E-state index >= 15 is 0 Å². The lowest BCUT2D eigenvalue weighted by molar-refractivity contribution is -0.304. The van der Waals surface area contributed by atoms with E-state index in [0.29, 0.717) is 24.0 Å². The van der Waals surface area contributed by atoms with Crippen molar-refractivity contribution in [1.29, 1.82) is 0 Å². The van der Waals surface area contributed by atoms with Crippen molar-refractivity contribution in [3.8, 4) is 0 Å². The van der Waals surface area contributed by atoms with Crippen LogP contribution >= 0.6 is 0 Å². The van der Waals surface area contributed by atoms with E-state index < -0.39 is 231 Å². The van der Waals surface area contributed by atoms with Crippen molar-refractivity contribution in [3.63, 3.8) is 0 Å². The summed E-state index contributed by atoms with van der Waals surface area (Å²) in [5.74, 6) is -7.51. The average Bonchev–Trinajstić information content (AvgIpc) is 0.809. The minimum atomic E-state index is -1.43. The van der Waals surface area contributed by atoms with E-state index in [0.717, 1.165) is 0 Å². The molecule has 22 unspecified atom stereocenters. The van der Waals surface area contributed by atoms with E-state index in [-0.39, 0.29) is 63.6 Å². The SMILES string of the molecule is CC[C@@H]1OC(=O)C[C@H](O)[C@@H](C)[C@H](OC2OC(C)C(O)C(N(C)C)C2O)[C@H](CCNCC[C@H]2C[C@@H](C)C(=O)/C=C/C(C)=C/C(COC3OC(C)C(O)C(OC)C3OC)[C@@H](CC)OC(=O)C[C@@H](O)[C@H](C)[C@H]2OC2OC(C)C(O)C(N(C)C)C2O)C[C@H](C)C(=O)/C=C/C(C)=C/C1COC1OC(C)C(O)C(OC)C1OC. The second-order valence-corrected chi connectivity index (χ2v) is 31.2. The van der Waals surface area contributed by atoms with Gasteiger partial charge in [-0.05, 0) is 145 Å². The number of aliphatic hydroxyl groups excluding tert-OH is 8. The van der Waals surface area contributed by atoms with Gasteiger partial charge in [0.2, 0.25) is 0 Å². The van der Waals surface area contributed by atoms with Crippen LogP contribution in [0, 0.1) is 47.3 Å². The molecule has 6 aliphatic heterocycles. The van der Waals surface area contributed by atoms with Gasteiger partial charge in [-0.15, -0.1) is 0 Å². The lowest BCUT2D eigenvalue weighted by Crippen LogP contribution is -2.63. The second kappa shape index (κ2) is 43.5. The number of allylic oxidation sites excluding steroid dienone is 6.